The zero-order valence-corrected chi connectivity index (χ0v) is 38.2. The highest BCUT2D eigenvalue weighted by atomic mass is 15.3. The van der Waals surface area contributed by atoms with Crippen LogP contribution in [0.3, 0.4) is 0 Å². The number of hydrogen-bond donors (Lipinski definition) is 0. The van der Waals surface area contributed by atoms with Crippen molar-refractivity contribution in [2.45, 2.75) is 26.2 Å². The van der Waals surface area contributed by atoms with Crippen LogP contribution in [0.1, 0.15) is 37.5 Å². The maximum Gasteiger partial charge on any atom is 0.168 e. The molecule has 0 atom stereocenters. The highest BCUT2D eigenvalue weighted by Crippen LogP contribution is 2.34. The summed E-state index contributed by atoms with van der Waals surface area (Å²) in [6, 6.07) is 78.2. The van der Waals surface area contributed by atoms with E-state index in [9.17, 15) is 0 Å². The Hall–Kier alpha value is -8.47. The first-order chi connectivity index (χ1) is 32.7. The molecule has 0 aliphatic heterocycles. The van der Waals surface area contributed by atoms with E-state index in [2.05, 4.69) is 243 Å². The van der Waals surface area contributed by atoms with Gasteiger partial charge in [-0.05, 0) is 79.8 Å². The molecule has 0 aliphatic carbocycles. The highest BCUT2D eigenvalue weighted by molar-refractivity contribution is 5.78. The zero-order chi connectivity index (χ0) is 46.2. The van der Waals surface area contributed by atoms with E-state index >= 15 is 0 Å². The lowest BCUT2D eigenvalue weighted by Crippen LogP contribution is -2.10. The number of para-hydroxylation sites is 1. The maximum atomic E-state index is 4.97. The summed E-state index contributed by atoms with van der Waals surface area (Å²) in [7, 11) is 0. The molecule has 10 aromatic rings. The molecule has 2 aromatic heterocycles. The van der Waals surface area contributed by atoms with E-state index in [1.807, 2.05) is 42.5 Å². The smallest absolute Gasteiger partial charge is 0.168 e. The summed E-state index contributed by atoms with van der Waals surface area (Å²) in [6.07, 6.45) is 3.72. The molecular formula is C63H52N4. The lowest BCUT2D eigenvalue weighted by molar-refractivity contribution is 0.590. The molecule has 2 heterocycles. The Bertz CT molecular complexity index is 3160. The molecule has 0 bridgehead atoms. The summed E-state index contributed by atoms with van der Waals surface area (Å²) in [6.45, 7) is 14.3. The highest BCUT2D eigenvalue weighted by Gasteiger charge is 2.19. The molecule has 67 heavy (non-hydrogen) atoms. The van der Waals surface area contributed by atoms with E-state index in [1.165, 1.54) is 27.8 Å². The van der Waals surface area contributed by atoms with Crippen molar-refractivity contribution in [3.63, 3.8) is 0 Å². The van der Waals surface area contributed by atoms with E-state index in [1.54, 1.807) is 0 Å². The number of nitrogens with zero attached hydrogens (tertiary/aromatic N) is 4. The minimum Gasteiger partial charge on any atom is -0.275 e. The third kappa shape index (κ3) is 10.1. The van der Waals surface area contributed by atoms with Crippen LogP contribution in [0.25, 0.3) is 96.5 Å². The van der Waals surface area contributed by atoms with Crippen molar-refractivity contribution in [1.29, 1.82) is 0 Å². The number of aromatic nitrogens is 4. The van der Waals surface area contributed by atoms with Crippen LogP contribution in [0.2, 0.25) is 0 Å². The quantitative estimate of drug-likeness (QED) is 0.138. The van der Waals surface area contributed by atoms with Gasteiger partial charge in [0.05, 0.1) is 11.4 Å². The van der Waals surface area contributed by atoms with Crippen molar-refractivity contribution >= 4 is 12.2 Å². The molecule has 4 nitrogen and oxygen atoms in total. The molecule has 0 radical (unpaired) electrons. The number of pyridine rings is 1. The Kier molecular flexibility index (Phi) is 12.9. The normalized spacial score (nSPS) is 11.0. The van der Waals surface area contributed by atoms with Crippen molar-refractivity contribution in [3.05, 3.63) is 254 Å². The average molecular weight is 865 g/mol. The molecule has 0 saturated carbocycles. The molecule has 4 heteroatoms. The SMILES string of the molecule is C=Cc1ccc(-c2ccc(-c3cc(-c4ccccc4)nc(-c4ccccc4)c3)cc2)cc1.C=Cc1ccc(-c2ccc(-c3nnc(-c4ccc(C(C)(C)C)cc4)n3-c3ccccc3)cc2)cc1. The molecule has 10 rings (SSSR count). The summed E-state index contributed by atoms with van der Waals surface area (Å²) in [5.74, 6) is 1.65. The van der Waals surface area contributed by atoms with E-state index in [4.69, 9.17) is 4.98 Å². The molecule has 0 amide bonds. The van der Waals surface area contributed by atoms with Gasteiger partial charge in [0.15, 0.2) is 11.6 Å². The second-order valence-corrected chi connectivity index (χ2v) is 17.5. The van der Waals surface area contributed by atoms with Crippen LogP contribution in [0.15, 0.2) is 238 Å². The summed E-state index contributed by atoms with van der Waals surface area (Å²) >= 11 is 0. The van der Waals surface area contributed by atoms with Crippen LogP contribution < -0.4 is 0 Å². The van der Waals surface area contributed by atoms with Gasteiger partial charge in [0.1, 0.15) is 0 Å². The first-order valence-electron chi connectivity index (χ1n) is 22.7. The third-order valence-electron chi connectivity index (χ3n) is 12.0. The molecule has 0 spiro atoms. The lowest BCUT2D eigenvalue weighted by atomic mass is 9.86. The van der Waals surface area contributed by atoms with Gasteiger partial charge in [-0.15, -0.1) is 10.2 Å². The first kappa shape index (κ1) is 43.8. The minimum atomic E-state index is 0.102. The van der Waals surface area contributed by atoms with Crippen LogP contribution in [-0.2, 0) is 5.41 Å². The number of benzene rings is 8. The Balaban J connectivity index is 0.000000169. The monoisotopic (exact) mass is 864 g/mol. The van der Waals surface area contributed by atoms with Gasteiger partial charge in [0, 0.05) is 27.9 Å². The van der Waals surface area contributed by atoms with Gasteiger partial charge in [-0.1, -0.05) is 246 Å². The van der Waals surface area contributed by atoms with Crippen molar-refractivity contribution in [3.8, 4) is 84.4 Å². The van der Waals surface area contributed by atoms with Crippen molar-refractivity contribution in [1.82, 2.24) is 19.7 Å². The zero-order valence-electron chi connectivity index (χ0n) is 38.2. The van der Waals surface area contributed by atoms with E-state index in [-0.39, 0.29) is 5.41 Å². The van der Waals surface area contributed by atoms with Gasteiger partial charge in [-0.25, -0.2) is 4.98 Å². The van der Waals surface area contributed by atoms with Crippen LogP contribution in [0, 0.1) is 0 Å². The third-order valence-corrected chi connectivity index (χ3v) is 12.0. The first-order valence-corrected chi connectivity index (χ1v) is 22.7. The molecule has 8 aromatic carbocycles. The Morgan fingerprint density at radius 1 is 0.358 bits per heavy atom. The fraction of sp³-hybridized carbons (Fsp3) is 0.0635. The Morgan fingerprint density at radius 2 is 0.687 bits per heavy atom. The summed E-state index contributed by atoms with van der Waals surface area (Å²) in [5.41, 5.74) is 18.0. The average Bonchev–Trinajstić information content (AvgIpc) is 3.85. The standard InChI is InChI=1S/C32H29N3.C31H23N/c1-5-23-11-13-24(14-12-23)25-15-17-26(18-16-25)30-33-34-31(35(30)29-9-7-6-8-10-29)27-19-21-28(22-20-27)32(2,3)4;1-2-23-13-15-24(16-14-23)25-17-19-26(20-18-25)29-21-30(27-9-5-3-6-10-27)32-31(22-29)28-11-7-4-8-12-28/h5-22H,1H2,2-4H3;2-22H,1H2. The van der Waals surface area contributed by atoms with Gasteiger partial charge in [0.25, 0.3) is 0 Å². The molecule has 324 valence electrons. The predicted molar refractivity (Wildman–Crippen MR) is 283 cm³/mol. The minimum absolute atomic E-state index is 0.102. The molecule has 0 saturated heterocycles. The number of rotatable bonds is 10. The van der Waals surface area contributed by atoms with Gasteiger partial charge >= 0.3 is 0 Å². The second kappa shape index (κ2) is 19.7. The van der Waals surface area contributed by atoms with Crippen molar-refractivity contribution < 1.29 is 0 Å². The Labute approximate surface area is 395 Å². The van der Waals surface area contributed by atoms with Gasteiger partial charge < -0.3 is 0 Å². The number of hydrogen-bond acceptors (Lipinski definition) is 3. The summed E-state index contributed by atoms with van der Waals surface area (Å²) in [5, 5.41) is 9.27. The summed E-state index contributed by atoms with van der Waals surface area (Å²) < 4.78 is 2.14. The van der Waals surface area contributed by atoms with E-state index < -0.39 is 0 Å². The largest absolute Gasteiger partial charge is 0.275 e. The molecule has 0 N–H and O–H groups in total. The summed E-state index contributed by atoms with van der Waals surface area (Å²) in [4.78, 5) is 4.97. The van der Waals surface area contributed by atoms with Gasteiger partial charge in [-0.3, -0.25) is 4.57 Å². The van der Waals surface area contributed by atoms with Crippen molar-refractivity contribution in [2.75, 3.05) is 0 Å². The fourth-order valence-electron chi connectivity index (χ4n) is 8.10. The maximum absolute atomic E-state index is 4.97. The molecule has 0 fully saturated rings. The topological polar surface area (TPSA) is 43.6 Å². The molecule has 0 aliphatic rings. The molecular weight excluding hydrogens is 813 g/mol. The second-order valence-electron chi connectivity index (χ2n) is 17.5. The van der Waals surface area contributed by atoms with E-state index in [0.29, 0.717) is 0 Å². The predicted octanol–water partition coefficient (Wildman–Crippen LogP) is 16.6. The van der Waals surface area contributed by atoms with E-state index in [0.717, 1.165) is 73.2 Å². The van der Waals surface area contributed by atoms with Crippen LogP contribution in [0.4, 0.5) is 0 Å². The fourth-order valence-corrected chi connectivity index (χ4v) is 8.10. The van der Waals surface area contributed by atoms with Crippen LogP contribution in [-0.4, -0.2) is 19.7 Å². The molecule has 0 unspecified atom stereocenters. The van der Waals surface area contributed by atoms with Gasteiger partial charge in [-0.2, -0.15) is 0 Å². The van der Waals surface area contributed by atoms with Crippen LogP contribution >= 0.6 is 0 Å². The van der Waals surface area contributed by atoms with Crippen molar-refractivity contribution in [2.24, 2.45) is 0 Å². The van der Waals surface area contributed by atoms with Gasteiger partial charge in [0.2, 0.25) is 0 Å². The van der Waals surface area contributed by atoms with Crippen LogP contribution in [0.5, 0.6) is 0 Å². The lowest BCUT2D eigenvalue weighted by Gasteiger charge is -2.19. The Morgan fingerprint density at radius 3 is 1.06 bits per heavy atom.